The smallest absolute Gasteiger partial charge is 0.267 e. The minimum Gasteiger partial charge on any atom is -0.273 e. The van der Waals surface area contributed by atoms with Crippen LogP contribution in [0.2, 0.25) is 0 Å². The Kier molecular flexibility index (Phi) is 5.01. The molecule has 1 aliphatic heterocycles. The van der Waals surface area contributed by atoms with E-state index in [2.05, 4.69) is 0 Å². The second-order valence-corrected chi connectivity index (χ2v) is 8.99. The van der Waals surface area contributed by atoms with Crippen LogP contribution in [0.15, 0.2) is 75.4 Å². The minimum atomic E-state index is -3.84. The van der Waals surface area contributed by atoms with E-state index in [0.29, 0.717) is 0 Å². The first-order valence-corrected chi connectivity index (χ1v) is 10.2. The number of carbonyl (C=O) groups excluding carboxylic acids is 1. The fraction of sp³-hybridized carbons (Fsp3) is 0.211. The van der Waals surface area contributed by atoms with Crippen LogP contribution in [-0.2, 0) is 14.8 Å². The summed E-state index contributed by atoms with van der Waals surface area (Å²) in [5.74, 6) is -0.394. The predicted molar refractivity (Wildman–Crippen MR) is 99.7 cm³/mol. The van der Waals surface area contributed by atoms with Gasteiger partial charge in [-0.1, -0.05) is 53.7 Å². The Balaban J connectivity index is 1.87. The maximum Gasteiger partial charge on any atom is 0.267 e. The van der Waals surface area contributed by atoms with Crippen molar-refractivity contribution in [1.82, 2.24) is 4.31 Å². The molecule has 0 aromatic heterocycles. The van der Waals surface area contributed by atoms with Gasteiger partial charge in [0.2, 0.25) is 5.91 Å². The Bertz CT molecular complexity index is 903. The number of sulfonamides is 1. The summed E-state index contributed by atoms with van der Waals surface area (Å²) in [5, 5.41) is 0. The van der Waals surface area contributed by atoms with Gasteiger partial charge in [-0.25, -0.2) is 12.7 Å². The van der Waals surface area contributed by atoms with Gasteiger partial charge in [0, 0.05) is 4.90 Å². The third-order valence-corrected chi connectivity index (χ3v) is 6.91. The van der Waals surface area contributed by atoms with Crippen molar-refractivity contribution in [2.75, 3.05) is 0 Å². The number of hydrogen-bond acceptors (Lipinski definition) is 4. The van der Waals surface area contributed by atoms with Gasteiger partial charge < -0.3 is 0 Å². The van der Waals surface area contributed by atoms with Gasteiger partial charge in [0.25, 0.3) is 10.0 Å². The highest BCUT2D eigenvalue weighted by Crippen LogP contribution is 2.34. The molecule has 0 bridgehead atoms. The van der Waals surface area contributed by atoms with E-state index in [0.717, 1.165) is 19.7 Å². The summed E-state index contributed by atoms with van der Waals surface area (Å²) >= 11 is 1.50. The van der Waals surface area contributed by atoms with Crippen LogP contribution in [-0.4, -0.2) is 24.7 Å². The van der Waals surface area contributed by atoms with E-state index in [9.17, 15) is 13.2 Å². The van der Waals surface area contributed by atoms with Crippen LogP contribution in [0, 0.1) is 6.92 Å². The average Bonchev–Trinajstić information content (AvgIpc) is 2.55. The van der Waals surface area contributed by atoms with Crippen molar-refractivity contribution in [3.05, 3.63) is 71.1 Å². The zero-order valence-electron chi connectivity index (χ0n) is 14.0. The minimum absolute atomic E-state index is 0.0923. The monoisotopic (exact) mass is 373 g/mol. The molecule has 0 saturated heterocycles. The van der Waals surface area contributed by atoms with Crippen LogP contribution in [0.1, 0.15) is 18.9 Å². The maximum atomic E-state index is 12.9. The Morgan fingerprint density at radius 1 is 1.04 bits per heavy atom. The fourth-order valence-electron chi connectivity index (χ4n) is 2.74. The molecule has 130 valence electrons. The number of hydrogen-bond donors (Lipinski definition) is 0. The van der Waals surface area contributed by atoms with E-state index in [1.54, 1.807) is 31.2 Å². The van der Waals surface area contributed by atoms with E-state index in [4.69, 9.17) is 0 Å². The van der Waals surface area contributed by atoms with Gasteiger partial charge in [0.15, 0.2) is 0 Å². The van der Waals surface area contributed by atoms with Gasteiger partial charge in [-0.2, -0.15) is 0 Å². The van der Waals surface area contributed by atoms with Gasteiger partial charge in [-0.15, -0.1) is 0 Å². The number of carbonyl (C=O) groups is 1. The first kappa shape index (κ1) is 17.8. The average molecular weight is 373 g/mol. The lowest BCUT2D eigenvalue weighted by atomic mass is 10.2. The molecule has 0 saturated carbocycles. The third-order valence-electron chi connectivity index (χ3n) is 3.94. The molecule has 4 nitrogen and oxygen atoms in total. The second-order valence-electron chi connectivity index (χ2n) is 5.97. The molecule has 2 aromatic carbocycles. The number of thioether (sulfide) groups is 1. The van der Waals surface area contributed by atoms with E-state index >= 15 is 0 Å². The van der Waals surface area contributed by atoms with Crippen LogP contribution in [0.25, 0.3) is 0 Å². The van der Waals surface area contributed by atoms with Crippen LogP contribution < -0.4 is 0 Å². The summed E-state index contributed by atoms with van der Waals surface area (Å²) in [7, 11) is -3.84. The van der Waals surface area contributed by atoms with Crippen molar-refractivity contribution in [3.63, 3.8) is 0 Å². The van der Waals surface area contributed by atoms with E-state index < -0.39 is 22.0 Å². The quantitative estimate of drug-likeness (QED) is 0.813. The lowest BCUT2D eigenvalue weighted by Gasteiger charge is -2.31. The molecule has 3 rings (SSSR count). The van der Waals surface area contributed by atoms with Crippen molar-refractivity contribution in [3.8, 4) is 0 Å². The summed E-state index contributed by atoms with van der Waals surface area (Å²) in [5.41, 5.74) is 0.971. The molecule has 0 spiro atoms. The van der Waals surface area contributed by atoms with Gasteiger partial charge >= 0.3 is 0 Å². The standard InChI is InChI=1S/C19H19NO3S2/c1-14-8-10-18(11-9-14)25(22,23)20-15(2)12-17(13-19(20)21)24-16-6-4-3-5-7-16/h3-12,15H,13H2,1-2H3. The lowest BCUT2D eigenvalue weighted by molar-refractivity contribution is -0.126. The van der Waals surface area contributed by atoms with Crippen molar-refractivity contribution in [2.24, 2.45) is 0 Å². The van der Waals surface area contributed by atoms with Crippen molar-refractivity contribution in [1.29, 1.82) is 0 Å². The SMILES string of the molecule is Cc1ccc(S(=O)(=O)N2C(=O)CC(Sc3ccccc3)=CC2C)cc1. The highest BCUT2D eigenvalue weighted by molar-refractivity contribution is 8.03. The topological polar surface area (TPSA) is 54.5 Å². The van der Waals surface area contributed by atoms with Crippen LogP contribution in [0.4, 0.5) is 0 Å². The number of benzene rings is 2. The fourth-order valence-corrected chi connectivity index (χ4v) is 5.33. The van der Waals surface area contributed by atoms with Gasteiger partial charge in [0.05, 0.1) is 17.4 Å². The molecule has 1 atom stereocenters. The van der Waals surface area contributed by atoms with Crippen LogP contribution in [0.3, 0.4) is 0 Å². The van der Waals surface area contributed by atoms with E-state index in [1.165, 1.54) is 11.8 Å². The maximum absolute atomic E-state index is 12.9. The molecule has 1 aliphatic rings. The summed E-state index contributed by atoms with van der Waals surface area (Å²) < 4.78 is 26.7. The highest BCUT2D eigenvalue weighted by atomic mass is 32.2. The largest absolute Gasteiger partial charge is 0.273 e. The second kappa shape index (κ2) is 7.06. The summed E-state index contributed by atoms with van der Waals surface area (Å²) in [6.45, 7) is 3.62. The molecule has 0 aliphatic carbocycles. The Hall–Kier alpha value is -2.05. The Morgan fingerprint density at radius 3 is 2.28 bits per heavy atom. The number of nitrogens with zero attached hydrogens (tertiary/aromatic N) is 1. The molecule has 0 fully saturated rings. The number of aryl methyl sites for hydroxylation is 1. The first-order valence-electron chi connectivity index (χ1n) is 7.95. The molecule has 0 N–H and O–H groups in total. The van der Waals surface area contributed by atoms with E-state index in [-0.39, 0.29) is 11.3 Å². The molecule has 1 heterocycles. The molecule has 6 heteroatoms. The normalized spacial score (nSPS) is 18.2. The highest BCUT2D eigenvalue weighted by Gasteiger charge is 2.36. The van der Waals surface area contributed by atoms with Crippen molar-refractivity contribution in [2.45, 2.75) is 36.1 Å². The lowest BCUT2D eigenvalue weighted by Crippen LogP contribution is -2.44. The number of rotatable bonds is 4. The Labute approximate surface area is 152 Å². The third kappa shape index (κ3) is 3.80. The van der Waals surface area contributed by atoms with Gasteiger partial charge in [-0.05, 0) is 43.0 Å². The van der Waals surface area contributed by atoms with Gasteiger partial charge in [-0.3, -0.25) is 4.79 Å². The molecule has 0 radical (unpaired) electrons. The summed E-state index contributed by atoms with van der Waals surface area (Å²) in [6.07, 6.45) is 1.94. The molecular weight excluding hydrogens is 354 g/mol. The zero-order chi connectivity index (χ0) is 18.0. The Morgan fingerprint density at radius 2 is 1.68 bits per heavy atom. The van der Waals surface area contributed by atoms with Crippen LogP contribution in [0.5, 0.6) is 0 Å². The van der Waals surface area contributed by atoms with Crippen molar-refractivity contribution >= 4 is 27.7 Å². The molecular formula is C19H19NO3S2. The molecule has 2 aromatic rings. The molecule has 1 unspecified atom stereocenters. The van der Waals surface area contributed by atoms with Crippen LogP contribution >= 0.6 is 11.8 Å². The molecule has 1 amide bonds. The number of amides is 1. The predicted octanol–water partition coefficient (Wildman–Crippen LogP) is 3.98. The van der Waals surface area contributed by atoms with Crippen molar-refractivity contribution < 1.29 is 13.2 Å². The summed E-state index contributed by atoms with van der Waals surface area (Å²) in [4.78, 5) is 14.6. The zero-order valence-corrected chi connectivity index (χ0v) is 15.7. The molecule has 25 heavy (non-hydrogen) atoms. The van der Waals surface area contributed by atoms with Gasteiger partial charge in [0.1, 0.15) is 0 Å². The van der Waals surface area contributed by atoms with E-state index in [1.807, 2.05) is 43.3 Å². The summed E-state index contributed by atoms with van der Waals surface area (Å²) in [6, 6.07) is 15.8. The first-order chi connectivity index (χ1) is 11.9.